The number of carbonyl (C=O) groups is 3. The number of hydrogen-bond acceptors (Lipinski definition) is 5. The van der Waals surface area contributed by atoms with Crippen LogP contribution >= 0.6 is 0 Å². The quantitative estimate of drug-likeness (QED) is 0.318. The van der Waals surface area contributed by atoms with Gasteiger partial charge in [-0.15, -0.1) is 5.10 Å². The second kappa shape index (κ2) is 11.0. The molecule has 0 unspecified atom stereocenters. The number of aromatic nitrogens is 3. The Labute approximate surface area is 222 Å². The Balaban J connectivity index is 1.83. The summed E-state index contributed by atoms with van der Waals surface area (Å²) in [5.74, 6) is -0.722. The minimum atomic E-state index is -0.952. The predicted octanol–water partition coefficient (Wildman–Crippen LogP) is 5.02. The van der Waals surface area contributed by atoms with Crippen LogP contribution in [-0.4, -0.2) is 38.1 Å². The van der Waals surface area contributed by atoms with E-state index in [1.807, 2.05) is 76.2 Å². The highest BCUT2D eigenvalue weighted by atomic mass is 16.2. The fourth-order valence-corrected chi connectivity index (χ4v) is 4.19. The lowest BCUT2D eigenvalue weighted by atomic mass is 9.97. The summed E-state index contributed by atoms with van der Waals surface area (Å²) in [6, 6.07) is 20.8. The lowest BCUT2D eigenvalue weighted by Crippen LogP contribution is -2.51. The highest BCUT2D eigenvalue weighted by molar-refractivity contribution is 6.02. The van der Waals surface area contributed by atoms with Gasteiger partial charge in [-0.1, -0.05) is 54.1 Å². The van der Waals surface area contributed by atoms with Gasteiger partial charge in [0, 0.05) is 16.8 Å². The van der Waals surface area contributed by atoms with Crippen LogP contribution in [-0.2, 0) is 16.1 Å². The number of rotatable bonds is 9. The third-order valence-electron chi connectivity index (χ3n) is 6.77. The van der Waals surface area contributed by atoms with Crippen molar-refractivity contribution < 1.29 is 14.4 Å². The van der Waals surface area contributed by atoms with E-state index in [2.05, 4.69) is 15.6 Å². The van der Waals surface area contributed by atoms with Crippen molar-refractivity contribution in [1.82, 2.24) is 20.3 Å². The third-order valence-corrected chi connectivity index (χ3v) is 6.77. The second-order valence-electron chi connectivity index (χ2n) is 10.1. The Morgan fingerprint density at radius 2 is 1.63 bits per heavy atom. The number of anilines is 1. The first kappa shape index (κ1) is 26.7. The van der Waals surface area contributed by atoms with Crippen LogP contribution in [0, 0.1) is 6.92 Å². The molecular weight excluding hydrogens is 478 g/mol. The number of ketones is 1. The van der Waals surface area contributed by atoms with Gasteiger partial charge in [0.25, 0.3) is 0 Å². The minimum Gasteiger partial charge on any atom is -0.349 e. The first-order valence-electron chi connectivity index (χ1n) is 12.7. The van der Waals surface area contributed by atoms with Crippen molar-refractivity contribution in [1.29, 1.82) is 0 Å². The standard InChI is InChI=1S/C30H33N5O3/c1-6-30(4,5)31-29(38)28(23-13-11-20(2)12-14-23)35(24-17-15-22(16-18-24)21(3)36)27(37)19-34-26-10-8-7-9-25(26)32-33-34/h7-18,28H,6,19H2,1-5H3,(H,31,38)/t28-/m0/s1. The van der Waals surface area contributed by atoms with E-state index >= 15 is 0 Å². The molecule has 0 saturated carbocycles. The van der Waals surface area contributed by atoms with Gasteiger partial charge in [0.15, 0.2) is 5.78 Å². The smallest absolute Gasteiger partial charge is 0.249 e. The molecular formula is C30H33N5O3. The molecule has 1 aromatic heterocycles. The zero-order chi connectivity index (χ0) is 27.4. The number of aryl methyl sites for hydroxylation is 1. The molecule has 1 heterocycles. The van der Waals surface area contributed by atoms with Gasteiger partial charge < -0.3 is 5.32 Å². The van der Waals surface area contributed by atoms with E-state index in [4.69, 9.17) is 0 Å². The largest absolute Gasteiger partial charge is 0.349 e. The molecule has 0 aliphatic carbocycles. The summed E-state index contributed by atoms with van der Waals surface area (Å²) in [6.45, 7) is 9.24. The van der Waals surface area contributed by atoms with Gasteiger partial charge in [0.2, 0.25) is 11.8 Å². The molecule has 8 nitrogen and oxygen atoms in total. The zero-order valence-electron chi connectivity index (χ0n) is 22.4. The number of benzene rings is 3. The first-order chi connectivity index (χ1) is 18.1. The van der Waals surface area contributed by atoms with Crippen molar-refractivity contribution in [2.45, 2.75) is 59.2 Å². The number of carbonyl (C=O) groups excluding carboxylic acids is 3. The molecule has 1 atom stereocenters. The van der Waals surface area contributed by atoms with E-state index in [1.54, 1.807) is 24.3 Å². The molecule has 4 aromatic rings. The van der Waals surface area contributed by atoms with Crippen molar-refractivity contribution in [3.05, 3.63) is 89.5 Å². The van der Waals surface area contributed by atoms with Crippen molar-refractivity contribution in [2.75, 3.05) is 4.90 Å². The van der Waals surface area contributed by atoms with E-state index in [1.165, 1.54) is 16.5 Å². The maximum absolute atomic E-state index is 14.1. The summed E-state index contributed by atoms with van der Waals surface area (Å²) in [4.78, 5) is 41.4. The highest BCUT2D eigenvalue weighted by Crippen LogP contribution is 2.30. The lowest BCUT2D eigenvalue weighted by Gasteiger charge is -2.34. The average molecular weight is 512 g/mol. The molecule has 0 bridgehead atoms. The van der Waals surface area contributed by atoms with Crippen LogP contribution < -0.4 is 10.2 Å². The number of hydrogen-bond donors (Lipinski definition) is 1. The Morgan fingerprint density at radius 3 is 2.26 bits per heavy atom. The summed E-state index contributed by atoms with van der Waals surface area (Å²) in [7, 11) is 0. The van der Waals surface area contributed by atoms with Gasteiger partial charge in [-0.25, -0.2) is 4.68 Å². The number of Topliss-reactive ketones (excluding diaryl/α,β-unsaturated/α-hetero) is 1. The van der Waals surface area contributed by atoms with Gasteiger partial charge in [-0.2, -0.15) is 0 Å². The van der Waals surface area contributed by atoms with Crippen molar-refractivity contribution >= 4 is 34.3 Å². The first-order valence-corrected chi connectivity index (χ1v) is 12.7. The Hall–Kier alpha value is -4.33. The maximum atomic E-state index is 14.1. The van der Waals surface area contributed by atoms with Crippen LogP contribution in [0.15, 0.2) is 72.8 Å². The lowest BCUT2D eigenvalue weighted by molar-refractivity contribution is -0.128. The average Bonchev–Trinajstić information content (AvgIpc) is 3.30. The van der Waals surface area contributed by atoms with Crippen molar-refractivity contribution in [3.8, 4) is 0 Å². The molecule has 0 aliphatic heterocycles. The number of nitrogens with one attached hydrogen (secondary N) is 1. The van der Waals surface area contributed by atoms with E-state index in [0.717, 1.165) is 11.1 Å². The summed E-state index contributed by atoms with van der Waals surface area (Å²) in [6.07, 6.45) is 0.714. The molecule has 3 aromatic carbocycles. The predicted molar refractivity (Wildman–Crippen MR) is 148 cm³/mol. The van der Waals surface area contributed by atoms with E-state index < -0.39 is 11.6 Å². The molecule has 0 spiro atoms. The number of para-hydroxylation sites is 1. The minimum absolute atomic E-state index is 0.0824. The van der Waals surface area contributed by atoms with Crippen LogP contribution in [0.5, 0.6) is 0 Å². The second-order valence-corrected chi connectivity index (χ2v) is 10.1. The van der Waals surface area contributed by atoms with E-state index in [9.17, 15) is 14.4 Å². The number of nitrogens with zero attached hydrogens (tertiary/aromatic N) is 4. The molecule has 4 rings (SSSR count). The topological polar surface area (TPSA) is 97.2 Å². The summed E-state index contributed by atoms with van der Waals surface area (Å²) >= 11 is 0. The zero-order valence-corrected chi connectivity index (χ0v) is 22.4. The van der Waals surface area contributed by atoms with Gasteiger partial charge in [-0.3, -0.25) is 19.3 Å². The van der Waals surface area contributed by atoms with Crippen LogP contribution in [0.25, 0.3) is 11.0 Å². The summed E-state index contributed by atoms with van der Waals surface area (Å²) < 4.78 is 1.54. The molecule has 2 amide bonds. The summed E-state index contributed by atoms with van der Waals surface area (Å²) in [5.41, 5.74) is 3.65. The Kier molecular flexibility index (Phi) is 7.71. The van der Waals surface area contributed by atoms with E-state index in [0.29, 0.717) is 28.8 Å². The highest BCUT2D eigenvalue weighted by Gasteiger charge is 2.35. The van der Waals surface area contributed by atoms with Crippen molar-refractivity contribution in [3.63, 3.8) is 0 Å². The molecule has 0 radical (unpaired) electrons. The van der Waals surface area contributed by atoms with Crippen LogP contribution in [0.3, 0.4) is 0 Å². The molecule has 8 heteroatoms. The van der Waals surface area contributed by atoms with Crippen LogP contribution in [0.1, 0.15) is 61.6 Å². The van der Waals surface area contributed by atoms with Gasteiger partial charge in [-0.05, 0) is 76.1 Å². The normalized spacial score (nSPS) is 12.2. The number of amides is 2. The molecule has 1 N–H and O–H groups in total. The van der Waals surface area contributed by atoms with Gasteiger partial charge >= 0.3 is 0 Å². The van der Waals surface area contributed by atoms with Crippen LogP contribution in [0.4, 0.5) is 5.69 Å². The third kappa shape index (κ3) is 5.80. The molecule has 0 fully saturated rings. The van der Waals surface area contributed by atoms with Crippen molar-refractivity contribution in [2.24, 2.45) is 0 Å². The fraction of sp³-hybridized carbons (Fsp3) is 0.300. The number of fused-ring (bicyclic) bond motifs is 1. The monoisotopic (exact) mass is 511 g/mol. The SMILES string of the molecule is CCC(C)(C)NC(=O)[C@H](c1ccc(C)cc1)N(C(=O)Cn1nnc2ccccc21)c1ccc(C(C)=O)cc1. The molecule has 196 valence electrons. The molecule has 38 heavy (non-hydrogen) atoms. The van der Waals surface area contributed by atoms with E-state index in [-0.39, 0.29) is 24.1 Å². The Bertz CT molecular complexity index is 1460. The van der Waals surface area contributed by atoms with Gasteiger partial charge in [0.1, 0.15) is 18.1 Å². The fourth-order valence-electron chi connectivity index (χ4n) is 4.19. The Morgan fingerprint density at radius 1 is 0.974 bits per heavy atom. The summed E-state index contributed by atoms with van der Waals surface area (Å²) in [5, 5.41) is 11.5. The molecule has 0 aliphatic rings. The van der Waals surface area contributed by atoms with Gasteiger partial charge in [0.05, 0.1) is 5.52 Å². The van der Waals surface area contributed by atoms with Crippen LogP contribution in [0.2, 0.25) is 0 Å². The molecule has 0 saturated heterocycles. The maximum Gasteiger partial charge on any atom is 0.249 e.